The molecule has 94 valence electrons. The molecule has 5 fully saturated rings. The van der Waals surface area contributed by atoms with Crippen LogP contribution < -0.4 is 0 Å². The van der Waals surface area contributed by atoms with Crippen LogP contribution in [0.2, 0.25) is 0 Å². The molecular weight excluding hydrogens is 228 g/mol. The van der Waals surface area contributed by atoms with E-state index in [4.69, 9.17) is 0 Å². The molecule has 1 saturated heterocycles. The van der Waals surface area contributed by atoms with Crippen molar-refractivity contribution in [2.24, 2.45) is 29.6 Å². The van der Waals surface area contributed by atoms with Crippen molar-refractivity contribution in [1.29, 1.82) is 0 Å². The minimum absolute atomic E-state index is 0.387. The molecule has 4 aliphatic carbocycles. The number of carbonyl (C=O) groups is 1. The van der Waals surface area contributed by atoms with Crippen LogP contribution in [0.5, 0.6) is 0 Å². The van der Waals surface area contributed by atoms with Crippen LogP contribution in [0, 0.1) is 29.6 Å². The van der Waals surface area contributed by atoms with Gasteiger partial charge in [0.05, 0.1) is 5.25 Å². The van der Waals surface area contributed by atoms with Gasteiger partial charge in [-0.15, -0.1) is 0 Å². The number of carbonyl (C=O) groups excluding carboxylic acids is 1. The van der Waals surface area contributed by atoms with Crippen molar-refractivity contribution in [3.8, 4) is 0 Å². The van der Waals surface area contributed by atoms with Crippen LogP contribution >= 0.6 is 11.8 Å². The van der Waals surface area contributed by atoms with Gasteiger partial charge in [0.25, 0.3) is 0 Å². The summed E-state index contributed by atoms with van der Waals surface area (Å²) in [6, 6.07) is 0. The van der Waals surface area contributed by atoms with Crippen molar-refractivity contribution in [1.82, 2.24) is 0 Å². The Morgan fingerprint density at radius 3 is 2.12 bits per heavy atom. The number of thioether (sulfide) groups is 1. The molecule has 0 aromatic carbocycles. The summed E-state index contributed by atoms with van der Waals surface area (Å²) in [7, 11) is 0. The highest BCUT2D eigenvalue weighted by Gasteiger charge is 2.51. The van der Waals surface area contributed by atoms with Crippen LogP contribution in [-0.2, 0) is 4.79 Å². The Labute approximate surface area is 108 Å². The standard InChI is InChI=1S/C15H22OS/c16-15(13-2-1-3-17-13)14-11-5-9-4-10(7-11)8-12(14)6-9/h9-14H,1-8H2. The molecule has 4 bridgehead atoms. The average molecular weight is 250 g/mol. The second-order valence-electron chi connectivity index (χ2n) is 6.86. The molecule has 0 aromatic heterocycles. The molecule has 1 heterocycles. The SMILES string of the molecule is O=C(C1CCCS1)C1C2CC3CC(C2)CC1C3. The van der Waals surface area contributed by atoms with E-state index >= 15 is 0 Å². The summed E-state index contributed by atoms with van der Waals surface area (Å²) in [4.78, 5) is 12.7. The minimum atomic E-state index is 0.387. The van der Waals surface area contributed by atoms with Gasteiger partial charge in [-0.2, -0.15) is 11.8 Å². The molecule has 4 saturated carbocycles. The van der Waals surface area contributed by atoms with Crippen LogP contribution in [0.3, 0.4) is 0 Å². The van der Waals surface area contributed by atoms with Crippen molar-refractivity contribution >= 4 is 17.5 Å². The molecule has 5 rings (SSSR count). The number of hydrogen-bond acceptors (Lipinski definition) is 2. The van der Waals surface area contributed by atoms with E-state index in [1.54, 1.807) is 0 Å². The molecule has 0 N–H and O–H groups in total. The van der Waals surface area contributed by atoms with Crippen molar-refractivity contribution in [2.45, 2.75) is 50.2 Å². The zero-order chi connectivity index (χ0) is 11.4. The van der Waals surface area contributed by atoms with Gasteiger partial charge in [-0.3, -0.25) is 4.79 Å². The number of ketones is 1. The zero-order valence-corrected chi connectivity index (χ0v) is 11.3. The van der Waals surface area contributed by atoms with E-state index in [2.05, 4.69) is 0 Å². The van der Waals surface area contributed by atoms with Gasteiger partial charge < -0.3 is 0 Å². The highest BCUT2D eigenvalue weighted by atomic mass is 32.2. The minimum Gasteiger partial charge on any atom is -0.298 e. The Bertz CT molecular complexity index is 304. The predicted octanol–water partition coefficient (Wildman–Crippen LogP) is 3.52. The Balaban J connectivity index is 1.55. The highest BCUT2D eigenvalue weighted by molar-refractivity contribution is 8.00. The fraction of sp³-hybridized carbons (Fsp3) is 0.933. The van der Waals surface area contributed by atoms with E-state index in [9.17, 15) is 4.79 Å². The van der Waals surface area contributed by atoms with E-state index in [0.29, 0.717) is 17.0 Å². The van der Waals surface area contributed by atoms with Crippen molar-refractivity contribution in [3.05, 3.63) is 0 Å². The maximum absolute atomic E-state index is 12.7. The van der Waals surface area contributed by atoms with E-state index < -0.39 is 0 Å². The summed E-state index contributed by atoms with van der Waals surface area (Å²) in [5.74, 6) is 5.96. The second kappa shape index (κ2) is 4.01. The van der Waals surface area contributed by atoms with E-state index in [0.717, 1.165) is 23.7 Å². The maximum atomic E-state index is 12.7. The number of hydrogen-bond donors (Lipinski definition) is 0. The summed E-state index contributed by atoms with van der Waals surface area (Å²) in [5.41, 5.74) is 0. The van der Waals surface area contributed by atoms with Crippen LogP contribution in [0.15, 0.2) is 0 Å². The quantitative estimate of drug-likeness (QED) is 0.746. The zero-order valence-electron chi connectivity index (χ0n) is 10.4. The Hall–Kier alpha value is 0.0200. The smallest absolute Gasteiger partial charge is 0.149 e. The van der Waals surface area contributed by atoms with Gasteiger partial charge >= 0.3 is 0 Å². The van der Waals surface area contributed by atoms with Crippen LogP contribution in [-0.4, -0.2) is 16.8 Å². The van der Waals surface area contributed by atoms with Gasteiger partial charge in [0.2, 0.25) is 0 Å². The van der Waals surface area contributed by atoms with Gasteiger partial charge in [0.1, 0.15) is 5.78 Å². The van der Waals surface area contributed by atoms with Crippen LogP contribution in [0.25, 0.3) is 0 Å². The lowest BCUT2D eigenvalue weighted by molar-refractivity contribution is -0.135. The molecule has 0 aromatic rings. The van der Waals surface area contributed by atoms with Gasteiger partial charge in [-0.25, -0.2) is 0 Å². The van der Waals surface area contributed by atoms with Gasteiger partial charge in [-0.05, 0) is 74.4 Å². The first-order chi connectivity index (χ1) is 8.31. The molecule has 1 unspecified atom stereocenters. The third-order valence-corrected chi connectivity index (χ3v) is 7.20. The summed E-state index contributed by atoms with van der Waals surface area (Å²) in [5, 5.41) is 0.387. The largest absolute Gasteiger partial charge is 0.298 e. The van der Waals surface area contributed by atoms with Gasteiger partial charge in [-0.1, -0.05) is 0 Å². The van der Waals surface area contributed by atoms with Gasteiger partial charge in [0.15, 0.2) is 0 Å². The highest BCUT2D eigenvalue weighted by Crippen LogP contribution is 2.57. The number of Topliss-reactive ketones (excluding diaryl/α,β-unsaturated/α-hetero) is 1. The lowest BCUT2D eigenvalue weighted by Crippen LogP contribution is -2.49. The summed E-state index contributed by atoms with van der Waals surface area (Å²) < 4.78 is 0. The normalized spacial score (nSPS) is 52.0. The third kappa shape index (κ3) is 1.70. The van der Waals surface area contributed by atoms with Crippen molar-refractivity contribution < 1.29 is 4.79 Å². The Morgan fingerprint density at radius 2 is 1.59 bits per heavy atom. The van der Waals surface area contributed by atoms with E-state index in [1.807, 2.05) is 11.8 Å². The lowest BCUT2D eigenvalue weighted by Gasteiger charge is -2.54. The van der Waals surface area contributed by atoms with Crippen LogP contribution in [0.1, 0.15) is 44.9 Å². The summed E-state index contributed by atoms with van der Waals surface area (Å²) >= 11 is 1.95. The second-order valence-corrected chi connectivity index (χ2v) is 8.17. The molecule has 17 heavy (non-hydrogen) atoms. The lowest BCUT2D eigenvalue weighted by atomic mass is 9.51. The van der Waals surface area contributed by atoms with Crippen molar-refractivity contribution in [2.75, 3.05) is 5.75 Å². The molecule has 0 radical (unpaired) electrons. The molecular formula is C15H22OS. The van der Waals surface area contributed by atoms with Crippen molar-refractivity contribution in [3.63, 3.8) is 0 Å². The molecule has 5 aliphatic rings. The van der Waals surface area contributed by atoms with E-state index in [-0.39, 0.29) is 0 Å². The molecule has 1 nitrogen and oxygen atoms in total. The maximum Gasteiger partial charge on any atom is 0.149 e. The molecule has 1 atom stereocenters. The molecule has 2 heteroatoms. The Morgan fingerprint density at radius 1 is 0.941 bits per heavy atom. The fourth-order valence-corrected chi connectivity index (χ4v) is 6.68. The Kier molecular flexibility index (Phi) is 2.57. The first-order valence-corrected chi connectivity index (χ1v) is 8.51. The van der Waals surface area contributed by atoms with Crippen LogP contribution in [0.4, 0.5) is 0 Å². The predicted molar refractivity (Wildman–Crippen MR) is 71.0 cm³/mol. The molecule has 0 amide bonds. The third-order valence-electron chi connectivity index (χ3n) is 5.80. The topological polar surface area (TPSA) is 17.1 Å². The average Bonchev–Trinajstić information content (AvgIpc) is 2.80. The first-order valence-electron chi connectivity index (χ1n) is 7.46. The summed E-state index contributed by atoms with van der Waals surface area (Å²) in [6.07, 6.45) is 9.50. The van der Waals surface area contributed by atoms with Gasteiger partial charge in [0, 0.05) is 5.92 Å². The monoisotopic (exact) mass is 250 g/mol. The molecule has 0 spiro atoms. The summed E-state index contributed by atoms with van der Waals surface area (Å²) in [6.45, 7) is 0. The van der Waals surface area contributed by atoms with E-state index in [1.165, 1.54) is 50.7 Å². The number of rotatable bonds is 2. The molecule has 1 aliphatic heterocycles. The first kappa shape index (κ1) is 10.9. The fourth-order valence-electron chi connectivity index (χ4n) is 5.41.